The molecule has 0 aliphatic carbocycles. The number of amides is 1. The number of rotatable bonds is 3. The largest absolute Gasteiger partial charge is 0.476 e. The van der Waals surface area contributed by atoms with Crippen molar-refractivity contribution in [1.82, 2.24) is 9.88 Å². The van der Waals surface area contributed by atoms with Crippen LogP contribution in [0.4, 0.5) is 0 Å². The number of carbonyl (C=O) groups excluding carboxylic acids is 1. The van der Waals surface area contributed by atoms with Crippen LogP contribution in [0.1, 0.15) is 47.6 Å². The predicted octanol–water partition coefficient (Wildman–Crippen LogP) is 1.96. The number of aromatic carboxylic acids is 1. The lowest BCUT2D eigenvalue weighted by Gasteiger charge is -2.30. The highest BCUT2D eigenvalue weighted by atomic mass is 32.1. The first-order valence-electron chi connectivity index (χ1n) is 6.08. The molecule has 6 heteroatoms. The molecule has 0 unspecified atom stereocenters. The lowest BCUT2D eigenvalue weighted by molar-refractivity contribution is -0.131. The molecule has 0 saturated carbocycles. The highest BCUT2D eigenvalue weighted by Gasteiger charge is 2.25. The summed E-state index contributed by atoms with van der Waals surface area (Å²) in [6, 6.07) is 0. The van der Waals surface area contributed by atoms with Crippen LogP contribution in [0.15, 0.2) is 5.38 Å². The Balaban J connectivity index is 1.96. The molecule has 18 heavy (non-hydrogen) atoms. The lowest BCUT2D eigenvalue weighted by Crippen LogP contribution is -2.37. The standard InChI is InChI=1S/C12H16N2O3S/c1-2-10(15)14-5-3-8(4-6-14)11-13-9(7-18-11)12(16)17/h7-8H,2-6H2,1H3,(H,16,17). The molecular weight excluding hydrogens is 252 g/mol. The molecule has 98 valence electrons. The minimum atomic E-state index is -0.976. The van der Waals surface area contributed by atoms with Crippen LogP contribution in [0, 0.1) is 0 Å². The Morgan fingerprint density at radius 1 is 1.50 bits per heavy atom. The first-order valence-corrected chi connectivity index (χ1v) is 6.96. The number of nitrogens with zero attached hydrogens (tertiary/aromatic N) is 2. The van der Waals surface area contributed by atoms with E-state index in [1.54, 1.807) is 5.38 Å². The molecule has 0 bridgehead atoms. The number of thiazole rings is 1. The van der Waals surface area contributed by atoms with Crippen LogP contribution in [0.25, 0.3) is 0 Å². The number of hydrogen-bond donors (Lipinski definition) is 1. The van der Waals surface area contributed by atoms with E-state index in [0.717, 1.165) is 30.9 Å². The van der Waals surface area contributed by atoms with Gasteiger partial charge in [0.15, 0.2) is 5.69 Å². The van der Waals surface area contributed by atoms with E-state index < -0.39 is 5.97 Å². The number of aromatic nitrogens is 1. The fourth-order valence-electron chi connectivity index (χ4n) is 2.17. The third-order valence-electron chi connectivity index (χ3n) is 3.24. The zero-order valence-electron chi connectivity index (χ0n) is 10.3. The van der Waals surface area contributed by atoms with Crippen molar-refractivity contribution in [1.29, 1.82) is 0 Å². The summed E-state index contributed by atoms with van der Waals surface area (Å²) < 4.78 is 0. The normalized spacial score (nSPS) is 16.8. The summed E-state index contributed by atoms with van der Waals surface area (Å²) in [6.45, 7) is 3.37. The molecule has 1 saturated heterocycles. The Morgan fingerprint density at radius 2 is 2.17 bits per heavy atom. The fourth-order valence-corrected chi connectivity index (χ4v) is 3.14. The number of likely N-dealkylation sites (tertiary alicyclic amines) is 1. The van der Waals surface area contributed by atoms with Gasteiger partial charge in [0, 0.05) is 30.8 Å². The average molecular weight is 268 g/mol. The van der Waals surface area contributed by atoms with E-state index in [4.69, 9.17) is 5.11 Å². The summed E-state index contributed by atoms with van der Waals surface area (Å²) in [7, 11) is 0. The van der Waals surface area contributed by atoms with Gasteiger partial charge in [0.2, 0.25) is 5.91 Å². The molecule has 5 nitrogen and oxygen atoms in total. The van der Waals surface area contributed by atoms with Gasteiger partial charge in [-0.1, -0.05) is 6.92 Å². The summed E-state index contributed by atoms with van der Waals surface area (Å²) in [4.78, 5) is 28.3. The van der Waals surface area contributed by atoms with E-state index in [2.05, 4.69) is 4.98 Å². The smallest absolute Gasteiger partial charge is 0.355 e. The molecule has 0 atom stereocenters. The maximum absolute atomic E-state index is 11.5. The molecule has 1 aromatic rings. The predicted molar refractivity (Wildman–Crippen MR) is 67.9 cm³/mol. The van der Waals surface area contributed by atoms with Crippen molar-refractivity contribution in [3.8, 4) is 0 Å². The molecule has 2 rings (SSSR count). The Labute approximate surface area is 109 Å². The Hall–Kier alpha value is -1.43. The van der Waals surface area contributed by atoms with Crippen LogP contribution in [-0.2, 0) is 4.79 Å². The zero-order chi connectivity index (χ0) is 13.1. The van der Waals surface area contributed by atoms with Gasteiger partial charge in [-0.3, -0.25) is 4.79 Å². The van der Waals surface area contributed by atoms with Crippen LogP contribution in [-0.4, -0.2) is 40.0 Å². The number of carboxylic acid groups (broad SMARTS) is 1. The quantitative estimate of drug-likeness (QED) is 0.909. The van der Waals surface area contributed by atoms with Gasteiger partial charge in [-0.25, -0.2) is 9.78 Å². The molecule has 0 spiro atoms. The minimum absolute atomic E-state index is 0.127. The van der Waals surface area contributed by atoms with Crippen LogP contribution >= 0.6 is 11.3 Å². The third-order valence-corrected chi connectivity index (χ3v) is 4.25. The number of piperidine rings is 1. The van der Waals surface area contributed by atoms with Gasteiger partial charge in [0.1, 0.15) is 0 Å². The molecule has 1 N–H and O–H groups in total. The van der Waals surface area contributed by atoms with Gasteiger partial charge < -0.3 is 10.0 Å². The van der Waals surface area contributed by atoms with Gasteiger partial charge >= 0.3 is 5.97 Å². The Morgan fingerprint density at radius 3 is 2.67 bits per heavy atom. The topological polar surface area (TPSA) is 70.5 Å². The summed E-state index contributed by atoms with van der Waals surface area (Å²) >= 11 is 1.40. The van der Waals surface area contributed by atoms with Gasteiger partial charge in [-0.2, -0.15) is 0 Å². The van der Waals surface area contributed by atoms with Crippen LogP contribution < -0.4 is 0 Å². The Bertz CT molecular complexity index is 450. The van der Waals surface area contributed by atoms with Crippen LogP contribution in [0.3, 0.4) is 0 Å². The van der Waals surface area contributed by atoms with Crippen LogP contribution in [0.5, 0.6) is 0 Å². The molecular formula is C12H16N2O3S. The summed E-state index contributed by atoms with van der Waals surface area (Å²) in [5.74, 6) is -0.487. The van der Waals surface area contributed by atoms with Gasteiger partial charge in [0.05, 0.1) is 5.01 Å². The number of hydrogen-bond acceptors (Lipinski definition) is 4. The van der Waals surface area contributed by atoms with Crippen molar-refractivity contribution in [2.24, 2.45) is 0 Å². The van der Waals surface area contributed by atoms with Crippen LogP contribution in [0.2, 0.25) is 0 Å². The zero-order valence-corrected chi connectivity index (χ0v) is 11.1. The molecule has 1 aliphatic heterocycles. The number of carbonyl (C=O) groups is 2. The van der Waals surface area contributed by atoms with Crippen molar-refractivity contribution in [2.45, 2.75) is 32.1 Å². The third kappa shape index (κ3) is 2.69. The highest BCUT2D eigenvalue weighted by molar-refractivity contribution is 7.09. The second-order valence-electron chi connectivity index (χ2n) is 4.38. The SMILES string of the molecule is CCC(=O)N1CCC(c2nc(C(=O)O)cs2)CC1. The van der Waals surface area contributed by atoms with E-state index in [9.17, 15) is 9.59 Å². The van der Waals surface area contributed by atoms with Gasteiger partial charge in [-0.15, -0.1) is 11.3 Å². The highest BCUT2D eigenvalue weighted by Crippen LogP contribution is 2.30. The van der Waals surface area contributed by atoms with E-state index in [0.29, 0.717) is 12.3 Å². The Kier molecular flexibility index (Phi) is 3.96. The molecule has 1 amide bonds. The molecule has 2 heterocycles. The molecule has 1 aliphatic rings. The van der Waals surface area contributed by atoms with E-state index in [-0.39, 0.29) is 11.6 Å². The van der Waals surface area contributed by atoms with Crippen molar-refractivity contribution in [3.63, 3.8) is 0 Å². The average Bonchev–Trinajstić information content (AvgIpc) is 2.88. The van der Waals surface area contributed by atoms with E-state index in [1.165, 1.54) is 11.3 Å². The lowest BCUT2D eigenvalue weighted by atomic mass is 9.97. The van der Waals surface area contributed by atoms with Crippen molar-refractivity contribution < 1.29 is 14.7 Å². The summed E-state index contributed by atoms with van der Waals surface area (Å²) in [5, 5.41) is 11.3. The monoisotopic (exact) mass is 268 g/mol. The minimum Gasteiger partial charge on any atom is -0.476 e. The van der Waals surface area contributed by atoms with E-state index >= 15 is 0 Å². The van der Waals surface area contributed by atoms with Crippen molar-refractivity contribution in [2.75, 3.05) is 13.1 Å². The summed E-state index contributed by atoms with van der Waals surface area (Å²) in [6.07, 6.45) is 2.29. The first-order chi connectivity index (χ1) is 8.61. The second-order valence-corrected chi connectivity index (χ2v) is 5.27. The maximum atomic E-state index is 11.5. The molecule has 0 radical (unpaired) electrons. The van der Waals surface area contributed by atoms with E-state index in [1.807, 2.05) is 11.8 Å². The maximum Gasteiger partial charge on any atom is 0.355 e. The molecule has 0 aromatic carbocycles. The van der Waals surface area contributed by atoms with Gasteiger partial charge in [-0.05, 0) is 12.8 Å². The summed E-state index contributed by atoms with van der Waals surface area (Å²) in [5.41, 5.74) is 0.127. The molecule has 1 fully saturated rings. The second kappa shape index (κ2) is 5.48. The van der Waals surface area contributed by atoms with Crippen molar-refractivity contribution >= 4 is 23.2 Å². The van der Waals surface area contributed by atoms with Crippen molar-refractivity contribution in [3.05, 3.63) is 16.1 Å². The van der Waals surface area contributed by atoms with Gasteiger partial charge in [0.25, 0.3) is 0 Å². The number of carboxylic acids is 1. The first kappa shape index (κ1) is 13.0. The molecule has 1 aromatic heterocycles. The fraction of sp³-hybridized carbons (Fsp3) is 0.583.